The lowest BCUT2D eigenvalue weighted by atomic mass is 10.0. The Labute approximate surface area is 198 Å². The number of halogens is 2. The first kappa shape index (κ1) is 24.9. The van der Waals surface area contributed by atoms with Crippen LogP contribution in [0.25, 0.3) is 0 Å². The molecular weight excluding hydrogens is 438 g/mol. The Morgan fingerprint density at radius 1 is 0.853 bits per heavy atom. The average Bonchev–Trinajstić information content (AvgIpc) is 2.82. The maximum atomic E-state index is 13.4. The Balaban J connectivity index is 1.89. The van der Waals surface area contributed by atoms with Gasteiger partial charge in [0.1, 0.15) is 23.4 Å². The van der Waals surface area contributed by atoms with Gasteiger partial charge in [0, 0.05) is 19.0 Å². The molecule has 0 aliphatic rings. The van der Waals surface area contributed by atoms with E-state index in [1.807, 2.05) is 44.2 Å². The van der Waals surface area contributed by atoms with Gasteiger partial charge in [-0.2, -0.15) is 0 Å². The molecule has 0 bridgehead atoms. The fourth-order valence-electron chi connectivity index (χ4n) is 3.48. The van der Waals surface area contributed by atoms with E-state index in [2.05, 4.69) is 5.32 Å². The minimum Gasteiger partial charge on any atom is -0.484 e. The summed E-state index contributed by atoms with van der Waals surface area (Å²) in [5.74, 6) is -1.18. The molecule has 34 heavy (non-hydrogen) atoms. The number of amides is 2. The van der Waals surface area contributed by atoms with E-state index in [1.165, 1.54) is 41.3 Å². The van der Waals surface area contributed by atoms with Gasteiger partial charge < -0.3 is 15.0 Å². The standard InChI is InChI=1S/C27H28F2N2O3/c1-19(2)30-27(33)25(16-20-6-4-3-5-7-20)31(17-21-8-10-22(28)11-9-21)26(32)18-34-24-14-12-23(29)13-15-24/h3-15,19,25H,16-18H2,1-2H3,(H,30,33)/t25-/m0/s1. The van der Waals surface area contributed by atoms with E-state index in [9.17, 15) is 18.4 Å². The van der Waals surface area contributed by atoms with Gasteiger partial charge in [-0.05, 0) is 61.4 Å². The number of rotatable bonds is 10. The highest BCUT2D eigenvalue weighted by atomic mass is 19.1. The predicted octanol–water partition coefficient (Wildman–Crippen LogP) is 4.51. The van der Waals surface area contributed by atoms with Crippen LogP contribution in [0, 0.1) is 11.6 Å². The molecule has 3 rings (SSSR count). The molecule has 0 unspecified atom stereocenters. The van der Waals surface area contributed by atoms with E-state index in [-0.39, 0.29) is 30.9 Å². The predicted molar refractivity (Wildman–Crippen MR) is 126 cm³/mol. The fraction of sp³-hybridized carbons (Fsp3) is 0.259. The molecule has 1 atom stereocenters. The summed E-state index contributed by atoms with van der Waals surface area (Å²) in [6, 6.07) is 19.6. The van der Waals surface area contributed by atoms with Gasteiger partial charge in [0.2, 0.25) is 5.91 Å². The summed E-state index contributed by atoms with van der Waals surface area (Å²) < 4.78 is 32.2. The van der Waals surface area contributed by atoms with Gasteiger partial charge in [0.25, 0.3) is 5.91 Å². The van der Waals surface area contributed by atoms with E-state index in [0.717, 1.165) is 5.56 Å². The third-order valence-electron chi connectivity index (χ3n) is 5.14. The third-order valence-corrected chi connectivity index (χ3v) is 5.14. The van der Waals surface area contributed by atoms with Crippen molar-refractivity contribution in [2.24, 2.45) is 0 Å². The normalized spacial score (nSPS) is 11.7. The third kappa shape index (κ3) is 7.40. The molecule has 2 amide bonds. The molecule has 0 fully saturated rings. The number of benzene rings is 3. The van der Waals surface area contributed by atoms with Crippen LogP contribution in [0.15, 0.2) is 78.9 Å². The van der Waals surface area contributed by atoms with Crippen molar-refractivity contribution in [3.63, 3.8) is 0 Å². The van der Waals surface area contributed by atoms with Crippen LogP contribution in [0.1, 0.15) is 25.0 Å². The minimum atomic E-state index is -0.820. The van der Waals surface area contributed by atoms with E-state index < -0.39 is 17.8 Å². The topological polar surface area (TPSA) is 58.6 Å². The molecule has 0 saturated carbocycles. The van der Waals surface area contributed by atoms with Crippen LogP contribution in [0.3, 0.4) is 0 Å². The van der Waals surface area contributed by atoms with Crippen molar-refractivity contribution in [1.82, 2.24) is 10.2 Å². The van der Waals surface area contributed by atoms with E-state index in [0.29, 0.717) is 17.7 Å². The summed E-state index contributed by atoms with van der Waals surface area (Å²) >= 11 is 0. The molecule has 0 heterocycles. The second kappa shape index (κ2) is 11.9. The summed E-state index contributed by atoms with van der Waals surface area (Å²) in [7, 11) is 0. The molecule has 3 aromatic rings. The second-order valence-corrected chi connectivity index (χ2v) is 8.26. The molecule has 0 saturated heterocycles. The zero-order chi connectivity index (χ0) is 24.5. The van der Waals surface area contributed by atoms with Crippen LogP contribution >= 0.6 is 0 Å². The molecule has 3 aromatic carbocycles. The van der Waals surface area contributed by atoms with Crippen molar-refractivity contribution in [3.8, 4) is 5.75 Å². The molecule has 0 aliphatic heterocycles. The van der Waals surface area contributed by atoms with Crippen molar-refractivity contribution < 1.29 is 23.1 Å². The lowest BCUT2D eigenvalue weighted by molar-refractivity contribution is -0.143. The Kier molecular flexibility index (Phi) is 8.73. The van der Waals surface area contributed by atoms with E-state index in [4.69, 9.17) is 4.74 Å². The van der Waals surface area contributed by atoms with E-state index in [1.54, 1.807) is 12.1 Å². The number of nitrogens with zero attached hydrogens (tertiary/aromatic N) is 1. The number of ether oxygens (including phenoxy) is 1. The first-order valence-electron chi connectivity index (χ1n) is 11.1. The van der Waals surface area contributed by atoms with Crippen LogP contribution < -0.4 is 10.1 Å². The first-order chi connectivity index (χ1) is 16.3. The van der Waals surface area contributed by atoms with E-state index >= 15 is 0 Å². The molecule has 0 aliphatic carbocycles. The van der Waals surface area contributed by atoms with Crippen LogP contribution in [-0.4, -0.2) is 35.4 Å². The molecule has 7 heteroatoms. The largest absolute Gasteiger partial charge is 0.484 e. The van der Waals surface area contributed by atoms with Gasteiger partial charge in [-0.25, -0.2) is 8.78 Å². The number of nitrogens with one attached hydrogen (secondary N) is 1. The highest BCUT2D eigenvalue weighted by molar-refractivity contribution is 5.88. The van der Waals surface area contributed by atoms with Crippen molar-refractivity contribution in [2.75, 3.05) is 6.61 Å². The quantitative estimate of drug-likeness (QED) is 0.478. The number of hydrogen-bond donors (Lipinski definition) is 1. The Morgan fingerprint density at radius 2 is 1.44 bits per heavy atom. The van der Waals surface area contributed by atoms with Crippen LogP contribution in [-0.2, 0) is 22.6 Å². The number of hydrogen-bond acceptors (Lipinski definition) is 3. The van der Waals surface area contributed by atoms with Crippen molar-refractivity contribution in [1.29, 1.82) is 0 Å². The van der Waals surface area contributed by atoms with Crippen molar-refractivity contribution in [2.45, 2.75) is 38.9 Å². The summed E-state index contributed by atoms with van der Waals surface area (Å²) in [4.78, 5) is 28.0. The molecule has 178 valence electrons. The first-order valence-corrected chi connectivity index (χ1v) is 11.1. The maximum absolute atomic E-state index is 13.4. The molecular formula is C27H28F2N2O3. The maximum Gasteiger partial charge on any atom is 0.261 e. The number of carbonyl (C=O) groups is 2. The average molecular weight is 467 g/mol. The van der Waals surface area contributed by atoms with Gasteiger partial charge in [-0.3, -0.25) is 9.59 Å². The van der Waals surface area contributed by atoms with Crippen LogP contribution in [0.4, 0.5) is 8.78 Å². The summed E-state index contributed by atoms with van der Waals surface area (Å²) in [6.45, 7) is 3.45. The summed E-state index contributed by atoms with van der Waals surface area (Å²) in [5.41, 5.74) is 1.56. The second-order valence-electron chi connectivity index (χ2n) is 8.26. The Bertz CT molecular complexity index is 1070. The lowest BCUT2D eigenvalue weighted by Gasteiger charge is -2.32. The van der Waals surface area contributed by atoms with Crippen molar-refractivity contribution in [3.05, 3.63) is 102 Å². The minimum absolute atomic E-state index is 0.0922. The highest BCUT2D eigenvalue weighted by Crippen LogP contribution is 2.17. The highest BCUT2D eigenvalue weighted by Gasteiger charge is 2.31. The van der Waals surface area contributed by atoms with Gasteiger partial charge in [0.15, 0.2) is 6.61 Å². The Morgan fingerprint density at radius 3 is 2.03 bits per heavy atom. The number of carbonyl (C=O) groups excluding carboxylic acids is 2. The molecule has 5 nitrogen and oxygen atoms in total. The zero-order valence-corrected chi connectivity index (χ0v) is 19.2. The van der Waals surface area contributed by atoms with Gasteiger partial charge in [0.05, 0.1) is 0 Å². The van der Waals surface area contributed by atoms with Gasteiger partial charge >= 0.3 is 0 Å². The molecule has 0 spiro atoms. The lowest BCUT2D eigenvalue weighted by Crippen LogP contribution is -2.52. The molecule has 0 radical (unpaired) electrons. The zero-order valence-electron chi connectivity index (χ0n) is 19.2. The van der Waals surface area contributed by atoms with Crippen LogP contribution in [0.5, 0.6) is 5.75 Å². The van der Waals surface area contributed by atoms with Gasteiger partial charge in [-0.1, -0.05) is 42.5 Å². The fourth-order valence-corrected chi connectivity index (χ4v) is 3.48. The molecule has 1 N–H and O–H groups in total. The smallest absolute Gasteiger partial charge is 0.261 e. The SMILES string of the molecule is CC(C)NC(=O)[C@H](Cc1ccccc1)N(Cc1ccc(F)cc1)C(=O)COc1ccc(F)cc1. The Hall–Kier alpha value is -3.74. The summed E-state index contributed by atoms with van der Waals surface area (Å²) in [6.07, 6.45) is 0.295. The monoisotopic (exact) mass is 466 g/mol. The summed E-state index contributed by atoms with van der Waals surface area (Å²) in [5, 5.41) is 2.90. The van der Waals surface area contributed by atoms with Crippen LogP contribution in [0.2, 0.25) is 0 Å². The van der Waals surface area contributed by atoms with Gasteiger partial charge in [-0.15, -0.1) is 0 Å². The molecule has 0 aromatic heterocycles. The van der Waals surface area contributed by atoms with Crippen molar-refractivity contribution >= 4 is 11.8 Å².